The highest BCUT2D eigenvalue weighted by atomic mass is 16.5. The van der Waals surface area contributed by atoms with Crippen molar-refractivity contribution in [3.8, 4) is 0 Å². The van der Waals surface area contributed by atoms with Gasteiger partial charge in [-0.2, -0.15) is 0 Å². The molecule has 2 N–H and O–H groups in total. The average Bonchev–Trinajstić information content (AvgIpc) is 2.93. The summed E-state index contributed by atoms with van der Waals surface area (Å²) in [6.45, 7) is 5.30. The van der Waals surface area contributed by atoms with Crippen LogP contribution in [-0.2, 0) is 24.7 Å². The molecule has 1 aliphatic heterocycles. The maximum absolute atomic E-state index is 14.2. The van der Waals surface area contributed by atoms with Gasteiger partial charge in [0.25, 0.3) is 11.8 Å². The summed E-state index contributed by atoms with van der Waals surface area (Å²) in [6, 6.07) is 28.4. The molecule has 190 valence electrons. The second-order valence-corrected chi connectivity index (χ2v) is 9.46. The molecule has 0 aliphatic carbocycles. The van der Waals surface area contributed by atoms with Crippen LogP contribution in [0.15, 0.2) is 97.1 Å². The van der Waals surface area contributed by atoms with E-state index in [2.05, 4.69) is 10.6 Å². The van der Waals surface area contributed by atoms with Gasteiger partial charge in [0.1, 0.15) is 0 Å². The monoisotopic (exact) mass is 496 g/mol. The van der Waals surface area contributed by atoms with Crippen LogP contribution in [0.2, 0.25) is 0 Å². The summed E-state index contributed by atoms with van der Waals surface area (Å²) in [4.78, 5) is 40.1. The third kappa shape index (κ3) is 5.33. The summed E-state index contributed by atoms with van der Waals surface area (Å²) in [5.74, 6) is -2.19. The molecule has 3 aromatic rings. The number of amides is 2. The van der Waals surface area contributed by atoms with E-state index in [-0.39, 0.29) is 18.2 Å². The Balaban J connectivity index is 1.89. The van der Waals surface area contributed by atoms with Gasteiger partial charge in [-0.25, -0.2) is 0 Å². The lowest BCUT2D eigenvalue weighted by molar-refractivity contribution is -0.159. The van der Waals surface area contributed by atoms with Crippen LogP contribution in [0.25, 0.3) is 5.70 Å². The van der Waals surface area contributed by atoms with E-state index in [0.717, 1.165) is 11.1 Å². The van der Waals surface area contributed by atoms with E-state index >= 15 is 0 Å². The van der Waals surface area contributed by atoms with Gasteiger partial charge in [0, 0.05) is 18.0 Å². The normalized spacial score (nSPS) is 19.9. The van der Waals surface area contributed by atoms with Gasteiger partial charge in [0.15, 0.2) is 11.6 Å². The molecule has 0 radical (unpaired) electrons. The Labute approximate surface area is 217 Å². The highest BCUT2D eigenvalue weighted by molar-refractivity contribution is 6.01. The lowest BCUT2D eigenvalue weighted by Gasteiger charge is -2.43. The van der Waals surface area contributed by atoms with Crippen molar-refractivity contribution in [3.63, 3.8) is 0 Å². The fraction of sp³-hybridized carbons (Fsp3) is 0.258. The van der Waals surface area contributed by atoms with Gasteiger partial charge in [0.05, 0.1) is 0 Å². The maximum Gasteiger partial charge on any atom is 0.306 e. The Morgan fingerprint density at radius 1 is 0.919 bits per heavy atom. The minimum Gasteiger partial charge on any atom is -0.452 e. The zero-order chi connectivity index (χ0) is 26.4. The molecule has 2 amide bonds. The molecule has 6 nitrogen and oxygen atoms in total. The van der Waals surface area contributed by atoms with Crippen LogP contribution in [-0.4, -0.2) is 23.9 Å². The number of hydrogen-bond acceptors (Lipinski definition) is 4. The molecule has 3 aromatic carbocycles. The number of hydrogen-bond donors (Lipinski definition) is 2. The third-order valence-electron chi connectivity index (χ3n) is 6.61. The first-order chi connectivity index (χ1) is 17.9. The molecule has 1 aliphatic rings. The van der Waals surface area contributed by atoms with Crippen molar-refractivity contribution >= 4 is 23.5 Å². The number of carbonyl (C=O) groups is 3. The number of ether oxygens (including phenoxy) is 1. The number of benzene rings is 3. The summed E-state index contributed by atoms with van der Waals surface area (Å²) >= 11 is 0. The first-order valence-corrected chi connectivity index (χ1v) is 12.6. The van der Waals surface area contributed by atoms with Gasteiger partial charge in [-0.3, -0.25) is 14.4 Å². The largest absolute Gasteiger partial charge is 0.452 e. The Morgan fingerprint density at radius 3 is 2.05 bits per heavy atom. The van der Waals surface area contributed by atoms with E-state index < -0.39 is 29.4 Å². The topological polar surface area (TPSA) is 84.5 Å². The van der Waals surface area contributed by atoms with Gasteiger partial charge >= 0.3 is 5.97 Å². The Morgan fingerprint density at radius 2 is 1.49 bits per heavy atom. The van der Waals surface area contributed by atoms with E-state index in [0.29, 0.717) is 11.3 Å². The second kappa shape index (κ2) is 11.2. The molecule has 1 unspecified atom stereocenters. The van der Waals surface area contributed by atoms with Gasteiger partial charge < -0.3 is 15.4 Å². The molecular weight excluding hydrogens is 464 g/mol. The van der Waals surface area contributed by atoms with E-state index in [1.165, 1.54) is 0 Å². The van der Waals surface area contributed by atoms with Crippen LogP contribution < -0.4 is 10.6 Å². The van der Waals surface area contributed by atoms with Crippen LogP contribution in [0.3, 0.4) is 0 Å². The smallest absolute Gasteiger partial charge is 0.306 e. The van der Waals surface area contributed by atoms with Crippen LogP contribution in [0.4, 0.5) is 0 Å². The van der Waals surface area contributed by atoms with Crippen molar-refractivity contribution in [3.05, 3.63) is 114 Å². The van der Waals surface area contributed by atoms with E-state index in [1.807, 2.05) is 111 Å². The Bertz CT molecular complexity index is 1270. The summed E-state index contributed by atoms with van der Waals surface area (Å²) in [5.41, 5.74) is 1.53. The van der Waals surface area contributed by atoms with Crippen molar-refractivity contribution < 1.29 is 19.1 Å². The molecule has 0 aromatic heterocycles. The predicted molar refractivity (Wildman–Crippen MR) is 143 cm³/mol. The molecule has 0 fully saturated rings. The number of esters is 1. The molecule has 1 heterocycles. The standard InChI is InChI=1S/C31H32N2O4/c1-4-27(34)37-28(21(2)3)29(35)33-31(24-18-12-7-13-19-24)25(22-14-8-5-9-15-22)20-26(32-30(31)36)23-16-10-6-11-17-23/h5-21,25,28H,4H2,1-3H3,(H,32,36)(H,33,35)/t25-,28?,31+/m0/s1. The van der Waals surface area contributed by atoms with E-state index in [4.69, 9.17) is 4.74 Å². The van der Waals surface area contributed by atoms with Crippen LogP contribution in [0.1, 0.15) is 49.8 Å². The maximum atomic E-state index is 14.2. The van der Waals surface area contributed by atoms with Crippen LogP contribution in [0.5, 0.6) is 0 Å². The summed E-state index contributed by atoms with van der Waals surface area (Å²) < 4.78 is 5.51. The number of nitrogens with one attached hydrogen (secondary N) is 2. The molecule has 0 spiro atoms. The van der Waals surface area contributed by atoms with Crippen molar-refractivity contribution in [2.24, 2.45) is 5.92 Å². The minimum atomic E-state index is -1.48. The first-order valence-electron chi connectivity index (χ1n) is 12.6. The fourth-order valence-corrected chi connectivity index (χ4v) is 4.69. The van der Waals surface area contributed by atoms with Crippen molar-refractivity contribution in [1.29, 1.82) is 0 Å². The zero-order valence-electron chi connectivity index (χ0n) is 21.3. The highest BCUT2D eigenvalue weighted by Gasteiger charge is 2.52. The highest BCUT2D eigenvalue weighted by Crippen LogP contribution is 2.43. The van der Waals surface area contributed by atoms with Gasteiger partial charge in [0.2, 0.25) is 0 Å². The first kappa shape index (κ1) is 25.9. The zero-order valence-corrected chi connectivity index (χ0v) is 21.3. The lowest BCUT2D eigenvalue weighted by Crippen LogP contribution is -2.63. The van der Waals surface area contributed by atoms with E-state index in [9.17, 15) is 14.4 Å². The molecule has 0 saturated heterocycles. The Hall–Kier alpha value is -4.19. The molecule has 6 heteroatoms. The predicted octanol–water partition coefficient (Wildman–Crippen LogP) is 4.93. The van der Waals surface area contributed by atoms with Gasteiger partial charge in [-0.1, -0.05) is 112 Å². The quantitative estimate of drug-likeness (QED) is 0.433. The van der Waals surface area contributed by atoms with Crippen LogP contribution in [0, 0.1) is 5.92 Å². The number of rotatable bonds is 8. The van der Waals surface area contributed by atoms with Crippen molar-refractivity contribution in [2.75, 3.05) is 0 Å². The summed E-state index contributed by atoms with van der Waals surface area (Å²) in [6.07, 6.45) is 1.09. The molecule has 0 saturated carbocycles. The molecule has 4 rings (SSSR count). The molecule has 0 bridgehead atoms. The SMILES string of the molecule is CCC(=O)OC(C(=O)N[C@@]1(c2ccccc2)C(=O)NC(c2ccccc2)=C[C@H]1c1ccccc1)C(C)C. The molecule has 3 atom stereocenters. The van der Waals surface area contributed by atoms with Crippen molar-refractivity contribution in [1.82, 2.24) is 10.6 Å². The number of carbonyl (C=O) groups excluding carboxylic acids is 3. The summed E-state index contributed by atoms with van der Waals surface area (Å²) in [5, 5.41) is 6.10. The summed E-state index contributed by atoms with van der Waals surface area (Å²) in [7, 11) is 0. The average molecular weight is 497 g/mol. The molecule has 37 heavy (non-hydrogen) atoms. The van der Waals surface area contributed by atoms with Gasteiger partial charge in [-0.15, -0.1) is 0 Å². The minimum absolute atomic E-state index is 0.149. The van der Waals surface area contributed by atoms with E-state index in [1.54, 1.807) is 6.92 Å². The second-order valence-electron chi connectivity index (χ2n) is 9.46. The third-order valence-corrected chi connectivity index (χ3v) is 6.61. The Kier molecular flexibility index (Phi) is 7.87. The fourth-order valence-electron chi connectivity index (χ4n) is 4.69. The van der Waals surface area contributed by atoms with Crippen LogP contribution >= 0.6 is 0 Å². The lowest BCUT2D eigenvalue weighted by atomic mass is 9.71. The van der Waals surface area contributed by atoms with Gasteiger partial charge in [-0.05, 0) is 28.7 Å². The molecular formula is C31H32N2O4. The van der Waals surface area contributed by atoms with Crippen molar-refractivity contribution in [2.45, 2.75) is 44.8 Å².